The van der Waals surface area contributed by atoms with Gasteiger partial charge in [0.15, 0.2) is 0 Å². The number of para-hydroxylation sites is 1. The van der Waals surface area contributed by atoms with E-state index in [1.54, 1.807) is 49.0 Å². The number of rotatable bonds is 13. The van der Waals surface area contributed by atoms with Crippen molar-refractivity contribution in [1.82, 2.24) is 39.2 Å². The molecule has 3 fully saturated rings. The number of nitrogens with zero attached hydrogens (tertiary/aromatic N) is 8. The maximum Gasteiger partial charge on any atom is 0.329 e. The summed E-state index contributed by atoms with van der Waals surface area (Å²) in [6.45, 7) is 12.6. The molecule has 3 aliphatic rings. The molecule has 3 N–H and O–H groups in total. The summed E-state index contributed by atoms with van der Waals surface area (Å²) in [6.07, 6.45) is 7.79. The number of methoxy groups -OCH3 is 1. The van der Waals surface area contributed by atoms with E-state index in [2.05, 4.69) is 81.7 Å². The van der Waals surface area contributed by atoms with Gasteiger partial charge in [-0.05, 0) is 96.8 Å². The Kier molecular flexibility index (Phi) is 13.1. The molecule has 0 spiro atoms. The lowest BCUT2D eigenvalue weighted by molar-refractivity contribution is -0.135. The Morgan fingerprint density at radius 3 is 2.39 bits per heavy atom. The number of imidazole rings is 1. The van der Waals surface area contributed by atoms with Gasteiger partial charge in [0.25, 0.3) is 0 Å². The molecule has 6 heterocycles. The molecular weight excluding hydrogens is 921 g/mol. The van der Waals surface area contributed by atoms with Crippen molar-refractivity contribution in [1.29, 1.82) is 0 Å². The number of benzene rings is 3. The second-order valence-corrected chi connectivity index (χ2v) is 21.9. The van der Waals surface area contributed by atoms with E-state index in [0.717, 1.165) is 110 Å². The Labute approximate surface area is 392 Å². The van der Waals surface area contributed by atoms with Crippen LogP contribution < -0.4 is 36.6 Å². The number of amides is 2. The predicted molar refractivity (Wildman–Crippen MR) is 265 cm³/mol. The van der Waals surface area contributed by atoms with Gasteiger partial charge in [0.2, 0.25) is 17.8 Å². The Bertz CT molecular complexity index is 2930. The molecular formula is C48H57BrN11O5P. The first-order valence-corrected chi connectivity index (χ1v) is 26.1. The third-order valence-electron chi connectivity index (χ3n) is 13.4. The number of imide groups is 1. The summed E-state index contributed by atoms with van der Waals surface area (Å²) in [5.74, 6) is 0.886. The highest BCUT2D eigenvalue weighted by Gasteiger charge is 2.32. The molecule has 346 valence electrons. The molecule has 3 saturated heterocycles. The van der Waals surface area contributed by atoms with Crippen LogP contribution in [0.15, 0.2) is 76.3 Å². The minimum absolute atomic E-state index is 0.219. The standard InChI is InChI=1S/C48H57BrN11O5P/c1-6-31-26-36(53-47-51-28-34(49)45(55-47)52-37-29-50-35-10-8-7-9-33(35)44(37)66(4,5)64)42(65-3)27-40(31)59-19-16-32(17-20-59)58-23-21-57(22-24-58)18-15-30-11-12-38-41(25-30)60(48(63)56(38)2)39-13-14-43(61)54-46(39)62/h7-12,25-29,32,39H,6,13-24H2,1-5H3,(H,54,61,62)(H2,51,52,53,55). The molecule has 3 aromatic heterocycles. The quantitative estimate of drug-likeness (QED) is 0.0842. The van der Waals surface area contributed by atoms with E-state index in [4.69, 9.17) is 9.72 Å². The summed E-state index contributed by atoms with van der Waals surface area (Å²) in [5, 5.41) is 10.8. The SMILES string of the molecule is CCc1cc(Nc2ncc(Br)c(Nc3cnc4ccccc4c3P(C)(C)=O)n2)c(OC)cc1N1CCC(N2CCN(CCc3ccc4c(c3)n(C3CCC(=O)NC3=O)c(=O)n4C)CC2)CC1. The number of piperidine rings is 2. The van der Waals surface area contributed by atoms with Crippen molar-refractivity contribution in [3.8, 4) is 5.75 Å². The average Bonchev–Trinajstić information content (AvgIpc) is 3.56. The number of hydrogen-bond acceptors (Lipinski definition) is 13. The molecule has 1 atom stereocenters. The molecule has 66 heavy (non-hydrogen) atoms. The monoisotopic (exact) mass is 977 g/mol. The minimum Gasteiger partial charge on any atom is -0.494 e. The van der Waals surface area contributed by atoms with Crippen LogP contribution in [0.2, 0.25) is 0 Å². The van der Waals surface area contributed by atoms with Crippen molar-refractivity contribution in [2.75, 3.05) is 81.8 Å². The van der Waals surface area contributed by atoms with E-state index >= 15 is 0 Å². The number of aryl methyl sites for hydroxylation is 2. The lowest BCUT2D eigenvalue weighted by Gasteiger charge is -2.43. The van der Waals surface area contributed by atoms with Gasteiger partial charge in [-0.1, -0.05) is 31.2 Å². The number of piperazine rings is 1. The highest BCUT2D eigenvalue weighted by Crippen LogP contribution is 2.42. The smallest absolute Gasteiger partial charge is 0.329 e. The van der Waals surface area contributed by atoms with Gasteiger partial charge in [-0.2, -0.15) is 4.98 Å². The van der Waals surface area contributed by atoms with E-state index in [1.807, 2.05) is 36.4 Å². The highest BCUT2D eigenvalue weighted by molar-refractivity contribution is 9.10. The van der Waals surface area contributed by atoms with Gasteiger partial charge < -0.3 is 29.7 Å². The summed E-state index contributed by atoms with van der Waals surface area (Å²) in [6, 6.07) is 17.9. The molecule has 3 aromatic carbocycles. The molecule has 0 radical (unpaired) electrons. The molecule has 3 aliphatic heterocycles. The fourth-order valence-corrected chi connectivity index (χ4v) is 11.7. The molecule has 0 aliphatic carbocycles. The van der Waals surface area contributed by atoms with E-state index in [-0.39, 0.29) is 18.0 Å². The van der Waals surface area contributed by atoms with Crippen LogP contribution in [0.4, 0.5) is 28.8 Å². The van der Waals surface area contributed by atoms with E-state index < -0.39 is 19.1 Å². The van der Waals surface area contributed by atoms with Crippen molar-refractivity contribution >= 4 is 91.0 Å². The zero-order valence-corrected chi connectivity index (χ0v) is 40.6. The van der Waals surface area contributed by atoms with Crippen LogP contribution in [-0.2, 0) is 34.0 Å². The molecule has 9 rings (SSSR count). The maximum atomic E-state index is 13.6. The first-order chi connectivity index (χ1) is 31.8. The number of pyridine rings is 1. The van der Waals surface area contributed by atoms with Gasteiger partial charge in [0.1, 0.15) is 24.8 Å². The van der Waals surface area contributed by atoms with Crippen LogP contribution in [0.5, 0.6) is 5.75 Å². The molecule has 16 nitrogen and oxygen atoms in total. The van der Waals surface area contributed by atoms with Crippen LogP contribution in [0, 0.1) is 0 Å². The summed E-state index contributed by atoms with van der Waals surface area (Å²) >= 11 is 3.61. The molecule has 0 bridgehead atoms. The van der Waals surface area contributed by atoms with Crippen LogP contribution in [-0.4, -0.2) is 118 Å². The number of halogens is 1. The number of aromatic nitrogens is 5. The van der Waals surface area contributed by atoms with E-state index in [9.17, 15) is 18.9 Å². The number of ether oxygens (including phenoxy) is 1. The zero-order valence-electron chi connectivity index (χ0n) is 38.1. The van der Waals surface area contributed by atoms with Crippen molar-refractivity contribution in [3.63, 3.8) is 0 Å². The van der Waals surface area contributed by atoms with E-state index in [1.165, 1.54) is 11.3 Å². The zero-order chi connectivity index (χ0) is 46.3. The molecule has 2 amide bonds. The van der Waals surface area contributed by atoms with Crippen molar-refractivity contribution in [3.05, 3.63) is 93.1 Å². The Morgan fingerprint density at radius 2 is 1.67 bits per heavy atom. The number of hydrogen-bond donors (Lipinski definition) is 3. The van der Waals surface area contributed by atoms with Crippen LogP contribution in [0.3, 0.4) is 0 Å². The van der Waals surface area contributed by atoms with Crippen LogP contribution in [0.25, 0.3) is 21.9 Å². The second-order valence-electron chi connectivity index (χ2n) is 17.9. The Balaban J connectivity index is 0.810. The van der Waals surface area contributed by atoms with Gasteiger partial charge in [0, 0.05) is 94.0 Å². The van der Waals surface area contributed by atoms with E-state index in [0.29, 0.717) is 40.1 Å². The highest BCUT2D eigenvalue weighted by atomic mass is 79.9. The van der Waals surface area contributed by atoms with Crippen molar-refractivity contribution in [2.45, 2.75) is 57.5 Å². The number of anilines is 5. The number of fused-ring (bicyclic) bond motifs is 2. The lowest BCUT2D eigenvalue weighted by atomic mass is 9.99. The Hall–Kier alpha value is -5.61. The first-order valence-electron chi connectivity index (χ1n) is 22.7. The van der Waals surface area contributed by atoms with Gasteiger partial charge in [-0.15, -0.1) is 0 Å². The van der Waals surface area contributed by atoms with Crippen LogP contribution in [0.1, 0.15) is 49.8 Å². The topological polar surface area (TPSA) is 172 Å². The molecule has 18 heteroatoms. The van der Waals surface area contributed by atoms with Gasteiger partial charge in [-0.3, -0.25) is 33.9 Å². The Morgan fingerprint density at radius 1 is 0.894 bits per heavy atom. The first kappa shape index (κ1) is 45.5. The summed E-state index contributed by atoms with van der Waals surface area (Å²) in [7, 11) is 0.693. The average molecular weight is 979 g/mol. The summed E-state index contributed by atoms with van der Waals surface area (Å²) < 4.78 is 23.3. The largest absolute Gasteiger partial charge is 0.494 e. The normalized spacial score (nSPS) is 18.0. The van der Waals surface area contributed by atoms with Crippen molar-refractivity contribution in [2.24, 2.45) is 7.05 Å². The predicted octanol–water partition coefficient (Wildman–Crippen LogP) is 6.55. The fraction of sp³-hybridized carbons (Fsp3) is 0.417. The lowest BCUT2D eigenvalue weighted by Crippen LogP contribution is -2.53. The van der Waals surface area contributed by atoms with Crippen molar-refractivity contribution < 1.29 is 18.9 Å². The molecule has 6 aromatic rings. The second kappa shape index (κ2) is 18.9. The molecule has 0 saturated carbocycles. The summed E-state index contributed by atoms with van der Waals surface area (Å²) in [4.78, 5) is 59.5. The third-order valence-corrected chi connectivity index (χ3v) is 15.6. The number of nitrogens with one attached hydrogen (secondary N) is 3. The fourth-order valence-electron chi connectivity index (χ4n) is 9.93. The number of carbonyl (C=O) groups is 2. The van der Waals surface area contributed by atoms with Gasteiger partial charge >= 0.3 is 5.69 Å². The third kappa shape index (κ3) is 9.22. The molecule has 1 unspecified atom stereocenters. The van der Waals surface area contributed by atoms with Gasteiger partial charge in [-0.25, -0.2) is 9.78 Å². The van der Waals surface area contributed by atoms with Crippen LogP contribution >= 0.6 is 23.1 Å². The van der Waals surface area contributed by atoms with Gasteiger partial charge in [0.05, 0.1) is 45.7 Å². The maximum absolute atomic E-state index is 13.6. The summed E-state index contributed by atoms with van der Waals surface area (Å²) in [5.41, 5.74) is 6.97. The minimum atomic E-state index is -2.72. The number of carbonyl (C=O) groups excluding carboxylic acids is 2.